The normalized spacial score (nSPS) is 21.1. The zero-order valence-corrected chi connectivity index (χ0v) is 16.5. The number of aliphatic hydroxyl groups is 2. The van der Waals surface area contributed by atoms with Gasteiger partial charge in [-0.3, -0.25) is 0 Å². The number of nitrogens with zero attached hydrogens (tertiary/aromatic N) is 4. The lowest BCUT2D eigenvalue weighted by Crippen LogP contribution is -2.29. The van der Waals surface area contributed by atoms with Gasteiger partial charge < -0.3 is 26.2 Å². The van der Waals surface area contributed by atoms with Crippen LogP contribution in [0.2, 0.25) is 0 Å². The molecule has 31 heavy (non-hydrogen) atoms. The highest BCUT2D eigenvalue weighted by molar-refractivity contribution is 5.86. The number of anilines is 2. The molecular formula is C22H21FN6O2. The van der Waals surface area contributed by atoms with Crippen molar-refractivity contribution in [3.63, 3.8) is 0 Å². The van der Waals surface area contributed by atoms with Crippen LogP contribution in [0.4, 0.5) is 16.0 Å². The Bertz CT molecular complexity index is 1330. The number of aryl methyl sites for hydroxylation is 1. The first-order valence-electron chi connectivity index (χ1n) is 9.91. The Hall–Kier alpha value is -3.56. The molecule has 5 rings (SSSR count). The molecule has 1 aromatic carbocycles. The molecule has 0 saturated heterocycles. The van der Waals surface area contributed by atoms with Gasteiger partial charge in [-0.05, 0) is 54.3 Å². The predicted octanol–water partition coefficient (Wildman–Crippen LogP) is 2.12. The quantitative estimate of drug-likeness (QED) is 0.371. The van der Waals surface area contributed by atoms with Gasteiger partial charge in [-0.25, -0.2) is 19.3 Å². The Morgan fingerprint density at radius 1 is 1.03 bits per heavy atom. The van der Waals surface area contributed by atoms with Gasteiger partial charge in [0.2, 0.25) is 0 Å². The molecule has 1 aliphatic rings. The summed E-state index contributed by atoms with van der Waals surface area (Å²) < 4.78 is 16.2. The third-order valence-electron chi connectivity index (χ3n) is 5.84. The van der Waals surface area contributed by atoms with Gasteiger partial charge in [0, 0.05) is 11.6 Å². The van der Waals surface area contributed by atoms with Crippen LogP contribution in [-0.2, 0) is 6.42 Å². The van der Waals surface area contributed by atoms with Crippen molar-refractivity contribution < 1.29 is 14.6 Å². The first-order chi connectivity index (χ1) is 14.9. The number of halogens is 1. The molecule has 0 fully saturated rings. The molecule has 0 unspecified atom stereocenters. The van der Waals surface area contributed by atoms with E-state index >= 15 is 0 Å². The van der Waals surface area contributed by atoms with E-state index in [-0.39, 0.29) is 5.82 Å². The van der Waals surface area contributed by atoms with Crippen molar-refractivity contribution in [1.29, 1.82) is 0 Å². The lowest BCUT2D eigenvalue weighted by molar-refractivity contribution is 0.0317. The summed E-state index contributed by atoms with van der Waals surface area (Å²) in [6.07, 6.45) is 3.85. The molecule has 8 nitrogen and oxygen atoms in total. The molecule has 0 spiro atoms. The van der Waals surface area contributed by atoms with Crippen LogP contribution in [0.5, 0.6) is 0 Å². The second-order valence-electron chi connectivity index (χ2n) is 7.77. The minimum atomic E-state index is -1.03. The Balaban J connectivity index is 1.42. The average Bonchev–Trinajstić information content (AvgIpc) is 3.29. The summed E-state index contributed by atoms with van der Waals surface area (Å²) in [4.78, 5) is 12.4. The molecule has 3 atom stereocenters. The molecule has 6 N–H and O–H groups in total. The standard InChI is InChI=1S/C22H21FN6O2/c23-15-7-11(8-16-13(15)3-4-18(24)28-16)1-2-12-9-17(20(31)19(12)30)29-6-5-14-21(25)26-10-27-22(14)29/h3-10,17,19-20,30-31H,1-2H2,(H2,24,28)(H2,25,26,27)/t17-,19-,20+/m1/s1. The third kappa shape index (κ3) is 3.28. The zero-order chi connectivity index (χ0) is 21.7. The van der Waals surface area contributed by atoms with Crippen LogP contribution in [0.15, 0.2) is 54.5 Å². The summed E-state index contributed by atoms with van der Waals surface area (Å²) in [6, 6.07) is 7.73. The highest BCUT2D eigenvalue weighted by Crippen LogP contribution is 2.34. The number of hydrogen-bond donors (Lipinski definition) is 4. The molecule has 3 heterocycles. The fraction of sp³-hybridized carbons (Fsp3) is 0.227. The first-order valence-corrected chi connectivity index (χ1v) is 9.91. The second-order valence-corrected chi connectivity index (χ2v) is 7.77. The first kappa shape index (κ1) is 19.4. The molecule has 0 saturated carbocycles. The van der Waals surface area contributed by atoms with E-state index in [0.717, 1.165) is 5.56 Å². The molecule has 0 aliphatic heterocycles. The maximum absolute atomic E-state index is 14.4. The highest BCUT2D eigenvalue weighted by atomic mass is 19.1. The van der Waals surface area contributed by atoms with E-state index in [4.69, 9.17) is 11.5 Å². The predicted molar refractivity (Wildman–Crippen MR) is 116 cm³/mol. The molecule has 0 amide bonds. The lowest BCUT2D eigenvalue weighted by Gasteiger charge is -2.19. The van der Waals surface area contributed by atoms with Gasteiger partial charge in [0.25, 0.3) is 0 Å². The zero-order valence-electron chi connectivity index (χ0n) is 16.5. The maximum Gasteiger partial charge on any atom is 0.146 e. The minimum Gasteiger partial charge on any atom is -0.388 e. The van der Waals surface area contributed by atoms with Crippen molar-refractivity contribution in [3.05, 3.63) is 65.9 Å². The van der Waals surface area contributed by atoms with Crippen molar-refractivity contribution in [1.82, 2.24) is 19.5 Å². The van der Waals surface area contributed by atoms with Crippen molar-refractivity contribution in [2.75, 3.05) is 11.5 Å². The number of nitrogens with two attached hydrogens (primary N) is 2. The van der Waals surface area contributed by atoms with Crippen LogP contribution in [0.3, 0.4) is 0 Å². The SMILES string of the molecule is Nc1ccc2c(F)cc(CCC3=C[C@@H](n4ccc5c(N)ncnc54)[C@H](O)[C@@H]3O)cc2n1. The van der Waals surface area contributed by atoms with Gasteiger partial charge in [-0.15, -0.1) is 0 Å². The molecule has 0 radical (unpaired) electrons. The monoisotopic (exact) mass is 420 g/mol. The second kappa shape index (κ2) is 7.29. The van der Waals surface area contributed by atoms with Gasteiger partial charge in [-0.2, -0.15) is 0 Å². The summed E-state index contributed by atoms with van der Waals surface area (Å²) in [5.41, 5.74) is 14.1. The van der Waals surface area contributed by atoms with Crippen molar-refractivity contribution in [2.45, 2.75) is 31.1 Å². The number of aliphatic hydroxyl groups excluding tert-OH is 2. The summed E-state index contributed by atoms with van der Waals surface area (Å²) in [5.74, 6) is 0.316. The molecule has 0 bridgehead atoms. The van der Waals surface area contributed by atoms with Crippen LogP contribution < -0.4 is 11.5 Å². The lowest BCUT2D eigenvalue weighted by atomic mass is 10.0. The maximum atomic E-state index is 14.4. The van der Waals surface area contributed by atoms with E-state index < -0.39 is 18.2 Å². The molecular weight excluding hydrogens is 399 g/mol. The van der Waals surface area contributed by atoms with E-state index in [1.807, 2.05) is 6.08 Å². The Labute approximate surface area is 176 Å². The topological polar surface area (TPSA) is 136 Å². The number of aromatic nitrogens is 4. The van der Waals surface area contributed by atoms with Crippen LogP contribution in [0.25, 0.3) is 21.9 Å². The van der Waals surface area contributed by atoms with Gasteiger partial charge in [0.1, 0.15) is 41.6 Å². The van der Waals surface area contributed by atoms with E-state index in [0.29, 0.717) is 52.0 Å². The number of hydrogen-bond acceptors (Lipinski definition) is 7. The van der Waals surface area contributed by atoms with E-state index in [2.05, 4.69) is 15.0 Å². The van der Waals surface area contributed by atoms with E-state index in [9.17, 15) is 14.6 Å². The van der Waals surface area contributed by atoms with Gasteiger partial charge in [0.15, 0.2) is 0 Å². The van der Waals surface area contributed by atoms with Gasteiger partial charge in [0.05, 0.1) is 16.9 Å². The number of fused-ring (bicyclic) bond motifs is 2. The van der Waals surface area contributed by atoms with Crippen molar-refractivity contribution in [3.8, 4) is 0 Å². The van der Waals surface area contributed by atoms with Gasteiger partial charge >= 0.3 is 0 Å². The molecule has 1 aliphatic carbocycles. The van der Waals surface area contributed by atoms with E-state index in [1.165, 1.54) is 12.4 Å². The van der Waals surface area contributed by atoms with Crippen LogP contribution in [-0.4, -0.2) is 41.9 Å². The summed E-state index contributed by atoms with van der Waals surface area (Å²) in [5, 5.41) is 22.4. The fourth-order valence-corrected chi connectivity index (χ4v) is 4.22. The number of pyridine rings is 1. The average molecular weight is 420 g/mol. The Kier molecular flexibility index (Phi) is 4.57. The number of rotatable bonds is 4. The fourth-order valence-electron chi connectivity index (χ4n) is 4.22. The smallest absolute Gasteiger partial charge is 0.146 e. The van der Waals surface area contributed by atoms with Crippen molar-refractivity contribution in [2.24, 2.45) is 0 Å². The van der Waals surface area contributed by atoms with Crippen LogP contribution in [0.1, 0.15) is 18.0 Å². The minimum absolute atomic E-state index is 0.326. The molecule has 9 heteroatoms. The van der Waals surface area contributed by atoms with E-state index in [1.54, 1.807) is 35.0 Å². The summed E-state index contributed by atoms with van der Waals surface area (Å²) >= 11 is 0. The van der Waals surface area contributed by atoms with Crippen LogP contribution in [0, 0.1) is 5.82 Å². The highest BCUT2D eigenvalue weighted by Gasteiger charge is 2.36. The number of nitrogen functional groups attached to an aromatic ring is 2. The number of benzene rings is 1. The van der Waals surface area contributed by atoms with Crippen LogP contribution >= 0.6 is 0 Å². The van der Waals surface area contributed by atoms with Gasteiger partial charge in [-0.1, -0.05) is 6.08 Å². The summed E-state index contributed by atoms with van der Waals surface area (Å²) in [7, 11) is 0. The largest absolute Gasteiger partial charge is 0.388 e. The third-order valence-corrected chi connectivity index (χ3v) is 5.84. The molecule has 3 aromatic heterocycles. The Morgan fingerprint density at radius 2 is 1.87 bits per heavy atom. The molecule has 4 aromatic rings. The summed E-state index contributed by atoms with van der Waals surface area (Å²) in [6.45, 7) is 0. The Morgan fingerprint density at radius 3 is 2.71 bits per heavy atom. The molecule has 158 valence electrons. The van der Waals surface area contributed by atoms with Crippen molar-refractivity contribution >= 4 is 33.6 Å².